The molecular formula is C23H37Cl2NZr. The van der Waals surface area contributed by atoms with Crippen molar-refractivity contribution in [1.82, 2.24) is 0 Å². The Morgan fingerprint density at radius 3 is 1.63 bits per heavy atom. The van der Waals surface area contributed by atoms with Crippen LogP contribution in [0, 0.1) is 12.0 Å². The van der Waals surface area contributed by atoms with Crippen molar-refractivity contribution in [2.75, 3.05) is 0 Å². The minimum absolute atomic E-state index is 0. The van der Waals surface area contributed by atoms with E-state index in [1.165, 1.54) is 22.3 Å². The molecule has 1 aliphatic rings. The normalized spacial score (nSPS) is 16.2. The molecule has 0 aliphatic heterocycles. The first-order chi connectivity index (χ1) is 10.7. The van der Waals surface area contributed by atoms with Crippen molar-refractivity contribution >= 4 is 30.5 Å². The number of halogens is 2. The van der Waals surface area contributed by atoms with Crippen LogP contribution in [0.3, 0.4) is 0 Å². The van der Waals surface area contributed by atoms with Crippen molar-refractivity contribution in [3.63, 3.8) is 0 Å². The molecule has 0 bridgehead atoms. The average molecular weight is 490 g/mol. The molecule has 4 heteroatoms. The maximum Gasteiger partial charge on any atom is 2.00 e. The Hall–Kier alpha value is -0.0369. The van der Waals surface area contributed by atoms with Crippen LogP contribution in [0.1, 0.15) is 80.4 Å². The third kappa shape index (κ3) is 8.89. The van der Waals surface area contributed by atoms with Crippen LogP contribution in [0.4, 0.5) is 5.69 Å². The minimum Gasteiger partial charge on any atom is -0.698 e. The molecule has 0 heterocycles. The number of hydrogen-bond donors (Lipinski definition) is 0. The van der Waals surface area contributed by atoms with Gasteiger partial charge in [-0.05, 0) is 16.4 Å². The molecule has 152 valence electrons. The van der Waals surface area contributed by atoms with Gasteiger partial charge in [0, 0.05) is 0 Å². The van der Waals surface area contributed by atoms with Gasteiger partial charge in [0.1, 0.15) is 0 Å². The van der Waals surface area contributed by atoms with Crippen LogP contribution >= 0.6 is 24.8 Å². The van der Waals surface area contributed by atoms with Crippen LogP contribution in [0.5, 0.6) is 0 Å². The summed E-state index contributed by atoms with van der Waals surface area (Å²) in [5.74, 6) is 0.560. The van der Waals surface area contributed by atoms with E-state index in [2.05, 4.69) is 87.4 Å². The number of hydrogen-bond acceptors (Lipinski definition) is 0. The van der Waals surface area contributed by atoms with Crippen LogP contribution in [0.15, 0.2) is 34.9 Å². The zero-order valence-corrected chi connectivity index (χ0v) is 22.7. The molecule has 27 heavy (non-hydrogen) atoms. The molecule has 0 saturated heterocycles. The van der Waals surface area contributed by atoms with Gasteiger partial charge in [0.15, 0.2) is 0 Å². The topological polar surface area (TPSA) is 23.8 Å². The average Bonchev–Trinajstić information content (AvgIpc) is 2.64. The third-order valence-electron chi connectivity index (χ3n) is 4.93. The SMILES string of the molecule is CC(C)(C)c1ccc([NH-])c(C(C)(C)C)c1.CC1=[C-]C(C)C(C)=C1C.Cl.Cl.[Zr+2]. The van der Waals surface area contributed by atoms with Crippen molar-refractivity contribution in [2.24, 2.45) is 5.92 Å². The van der Waals surface area contributed by atoms with Gasteiger partial charge in [0.2, 0.25) is 0 Å². The molecule has 0 saturated carbocycles. The molecule has 1 aliphatic carbocycles. The fourth-order valence-corrected chi connectivity index (χ4v) is 2.79. The van der Waals surface area contributed by atoms with E-state index in [0.29, 0.717) is 11.6 Å². The van der Waals surface area contributed by atoms with Crippen LogP contribution in [-0.4, -0.2) is 0 Å². The van der Waals surface area contributed by atoms with E-state index in [0.717, 1.165) is 5.56 Å². The van der Waals surface area contributed by atoms with Crippen molar-refractivity contribution in [3.8, 4) is 0 Å². The fraction of sp³-hybridized carbons (Fsp3) is 0.565. The first kappa shape index (κ1) is 31.7. The first-order valence-electron chi connectivity index (χ1n) is 8.89. The summed E-state index contributed by atoms with van der Waals surface area (Å²) in [5.41, 5.74) is 15.5. The number of nitrogens with one attached hydrogen (secondary N) is 1. The Balaban J connectivity index is -0.000000420. The van der Waals surface area contributed by atoms with Crippen LogP contribution in [0.25, 0.3) is 5.73 Å². The molecular weight excluding hydrogens is 452 g/mol. The van der Waals surface area contributed by atoms with Gasteiger partial charge in [-0.3, -0.25) is 6.08 Å². The van der Waals surface area contributed by atoms with E-state index < -0.39 is 0 Å². The van der Waals surface area contributed by atoms with Crippen molar-refractivity contribution in [2.45, 2.75) is 80.1 Å². The zero-order valence-electron chi connectivity index (χ0n) is 18.6. The van der Waals surface area contributed by atoms with E-state index >= 15 is 0 Å². The quantitative estimate of drug-likeness (QED) is 0.326. The molecule has 0 amide bonds. The van der Waals surface area contributed by atoms with Gasteiger partial charge in [-0.1, -0.05) is 92.0 Å². The molecule has 1 aromatic rings. The van der Waals surface area contributed by atoms with Crippen LogP contribution in [0.2, 0.25) is 0 Å². The second-order valence-electron chi connectivity index (χ2n) is 9.06. The number of rotatable bonds is 0. The number of benzene rings is 1. The van der Waals surface area contributed by atoms with Gasteiger partial charge < -0.3 is 5.73 Å². The molecule has 1 unspecified atom stereocenters. The summed E-state index contributed by atoms with van der Waals surface area (Å²) < 4.78 is 0. The van der Waals surface area contributed by atoms with Crippen molar-refractivity contribution < 1.29 is 26.2 Å². The molecule has 0 spiro atoms. The maximum atomic E-state index is 7.93. The van der Waals surface area contributed by atoms with Crippen molar-refractivity contribution in [1.29, 1.82) is 0 Å². The maximum absolute atomic E-state index is 7.93. The minimum atomic E-state index is 0. The summed E-state index contributed by atoms with van der Waals surface area (Å²) >= 11 is 0. The molecule has 1 aromatic carbocycles. The van der Waals surface area contributed by atoms with E-state index in [-0.39, 0.29) is 61.8 Å². The molecule has 1 N–H and O–H groups in total. The summed E-state index contributed by atoms with van der Waals surface area (Å²) in [5, 5.41) is 0. The van der Waals surface area contributed by atoms with E-state index in [1.54, 1.807) is 0 Å². The monoisotopic (exact) mass is 487 g/mol. The van der Waals surface area contributed by atoms with Gasteiger partial charge in [-0.15, -0.1) is 37.4 Å². The van der Waals surface area contributed by atoms with Gasteiger partial charge in [-0.2, -0.15) is 11.1 Å². The van der Waals surface area contributed by atoms with Gasteiger partial charge in [0.25, 0.3) is 0 Å². The van der Waals surface area contributed by atoms with Gasteiger partial charge in [0.05, 0.1) is 0 Å². The summed E-state index contributed by atoms with van der Waals surface area (Å²) in [4.78, 5) is 0. The Morgan fingerprint density at radius 2 is 1.37 bits per heavy atom. The Morgan fingerprint density at radius 1 is 0.889 bits per heavy atom. The largest absolute Gasteiger partial charge is 2.00 e. The predicted molar refractivity (Wildman–Crippen MR) is 122 cm³/mol. The van der Waals surface area contributed by atoms with Gasteiger partial charge >= 0.3 is 26.2 Å². The Kier molecular flexibility index (Phi) is 13.9. The van der Waals surface area contributed by atoms with E-state index in [9.17, 15) is 0 Å². The first-order valence-corrected chi connectivity index (χ1v) is 8.89. The summed E-state index contributed by atoms with van der Waals surface area (Å²) in [7, 11) is 0. The molecule has 1 atom stereocenters. The Bertz CT molecular complexity index is 662. The third-order valence-corrected chi connectivity index (χ3v) is 4.93. The predicted octanol–water partition coefficient (Wildman–Crippen LogP) is 8.53. The fourth-order valence-electron chi connectivity index (χ4n) is 2.79. The Labute approximate surface area is 199 Å². The van der Waals surface area contributed by atoms with E-state index in [1.807, 2.05) is 6.07 Å². The molecule has 0 aromatic heterocycles. The van der Waals surface area contributed by atoms with E-state index in [4.69, 9.17) is 5.73 Å². The summed E-state index contributed by atoms with van der Waals surface area (Å²) in [6.45, 7) is 21.8. The smallest absolute Gasteiger partial charge is 0.698 e. The second-order valence-corrected chi connectivity index (χ2v) is 9.06. The molecule has 0 fully saturated rings. The second kappa shape index (κ2) is 11.8. The zero-order chi connectivity index (χ0) is 18.9. The molecule has 0 radical (unpaired) electrons. The standard InChI is InChI=1S/C14H22N.C9H13.2ClH.Zr/c1-13(2,3)10-7-8-12(15)11(9-10)14(4,5)6;1-6-5-7(2)9(4)8(6)3;;;/h7-9,15H,1-6H3;6H,1-4H3;2*1H;/q2*-1;;;+2. The number of allylic oxidation sites excluding steroid dienone is 4. The summed E-state index contributed by atoms with van der Waals surface area (Å²) in [6, 6.07) is 6.17. The molecule has 2 rings (SSSR count). The van der Waals surface area contributed by atoms with Crippen molar-refractivity contribution in [3.05, 3.63) is 57.9 Å². The van der Waals surface area contributed by atoms with Crippen LogP contribution in [-0.2, 0) is 37.0 Å². The molecule has 1 nitrogen and oxygen atoms in total. The summed E-state index contributed by atoms with van der Waals surface area (Å²) in [6.07, 6.45) is 3.36. The van der Waals surface area contributed by atoms with Gasteiger partial charge in [-0.25, -0.2) is 5.57 Å². The van der Waals surface area contributed by atoms with Crippen LogP contribution < -0.4 is 0 Å².